The van der Waals surface area contributed by atoms with Gasteiger partial charge in [0.2, 0.25) is 0 Å². The van der Waals surface area contributed by atoms with E-state index in [-0.39, 0.29) is 5.60 Å². The zero-order valence-corrected chi connectivity index (χ0v) is 7.79. The van der Waals surface area contributed by atoms with Gasteiger partial charge < -0.3 is 5.11 Å². The molecule has 0 heterocycles. The molecule has 0 aromatic rings. The van der Waals surface area contributed by atoms with Gasteiger partial charge in [0.25, 0.3) is 0 Å². The molecule has 0 saturated heterocycles. The Morgan fingerprint density at radius 1 is 1.08 bits per heavy atom. The highest BCUT2D eigenvalue weighted by Crippen LogP contribution is 2.57. The van der Waals surface area contributed by atoms with Gasteiger partial charge in [0.15, 0.2) is 0 Å². The maximum atomic E-state index is 10.2. The minimum absolute atomic E-state index is 0.219. The minimum Gasteiger partial charge on any atom is -0.390 e. The van der Waals surface area contributed by atoms with Gasteiger partial charge in [-0.2, -0.15) is 0 Å². The Kier molecular flexibility index (Phi) is 1.27. The molecule has 4 aliphatic carbocycles. The van der Waals surface area contributed by atoms with E-state index < -0.39 is 0 Å². The van der Waals surface area contributed by atoms with Crippen LogP contribution in [-0.4, -0.2) is 10.7 Å². The molecule has 68 valence electrons. The fourth-order valence-corrected chi connectivity index (χ4v) is 4.24. The summed E-state index contributed by atoms with van der Waals surface area (Å²) in [6, 6.07) is 0. The molecule has 12 heavy (non-hydrogen) atoms. The maximum absolute atomic E-state index is 10.2. The standard InChI is InChI=1S/C11H18O/c1-7-9-2-8-3-10(7)6-11(12,4-8)5-9/h7-10,12H,2-6H2,1H3. The molecular weight excluding hydrogens is 148 g/mol. The molecule has 1 N–H and O–H groups in total. The summed E-state index contributed by atoms with van der Waals surface area (Å²) >= 11 is 0. The molecule has 0 radical (unpaired) electrons. The predicted molar refractivity (Wildman–Crippen MR) is 47.7 cm³/mol. The topological polar surface area (TPSA) is 20.2 Å². The van der Waals surface area contributed by atoms with Crippen molar-refractivity contribution in [2.45, 2.75) is 44.6 Å². The van der Waals surface area contributed by atoms with Crippen molar-refractivity contribution in [3.8, 4) is 0 Å². The van der Waals surface area contributed by atoms with Gasteiger partial charge in [-0.1, -0.05) is 6.92 Å². The third kappa shape index (κ3) is 0.834. The second-order valence-electron chi connectivity index (χ2n) is 5.55. The first-order chi connectivity index (χ1) is 5.66. The van der Waals surface area contributed by atoms with Crippen LogP contribution in [0.5, 0.6) is 0 Å². The van der Waals surface area contributed by atoms with Gasteiger partial charge in [-0.25, -0.2) is 0 Å². The van der Waals surface area contributed by atoms with E-state index in [1.165, 1.54) is 12.8 Å². The number of aliphatic hydroxyl groups is 1. The van der Waals surface area contributed by atoms with Gasteiger partial charge >= 0.3 is 0 Å². The fourth-order valence-electron chi connectivity index (χ4n) is 4.24. The van der Waals surface area contributed by atoms with Crippen molar-refractivity contribution in [3.05, 3.63) is 0 Å². The van der Waals surface area contributed by atoms with Crippen molar-refractivity contribution in [1.29, 1.82) is 0 Å². The van der Waals surface area contributed by atoms with Gasteiger partial charge in [0.1, 0.15) is 0 Å². The lowest BCUT2D eigenvalue weighted by molar-refractivity contribution is -0.147. The average molecular weight is 166 g/mol. The summed E-state index contributed by atoms with van der Waals surface area (Å²) in [5.41, 5.74) is -0.219. The first-order valence-electron chi connectivity index (χ1n) is 5.39. The van der Waals surface area contributed by atoms with Gasteiger partial charge in [-0.3, -0.25) is 0 Å². The second kappa shape index (κ2) is 2.06. The van der Waals surface area contributed by atoms with Crippen molar-refractivity contribution in [1.82, 2.24) is 0 Å². The van der Waals surface area contributed by atoms with Gasteiger partial charge in [-0.15, -0.1) is 0 Å². The quantitative estimate of drug-likeness (QED) is 0.585. The molecule has 0 aromatic heterocycles. The summed E-state index contributed by atoms with van der Waals surface area (Å²) in [4.78, 5) is 0. The molecule has 1 nitrogen and oxygen atoms in total. The smallest absolute Gasteiger partial charge is 0.0656 e. The third-order valence-corrected chi connectivity index (χ3v) is 4.71. The Morgan fingerprint density at radius 3 is 2.17 bits per heavy atom. The van der Waals surface area contributed by atoms with Crippen LogP contribution in [-0.2, 0) is 0 Å². The van der Waals surface area contributed by atoms with Crippen molar-refractivity contribution >= 4 is 0 Å². The monoisotopic (exact) mass is 166 g/mol. The zero-order chi connectivity index (χ0) is 8.34. The Morgan fingerprint density at radius 2 is 1.67 bits per heavy atom. The minimum atomic E-state index is -0.219. The van der Waals surface area contributed by atoms with Crippen molar-refractivity contribution in [2.24, 2.45) is 23.7 Å². The third-order valence-electron chi connectivity index (χ3n) is 4.71. The lowest BCUT2D eigenvalue weighted by Gasteiger charge is -2.57. The summed E-state index contributed by atoms with van der Waals surface area (Å²) in [7, 11) is 0. The van der Waals surface area contributed by atoms with E-state index in [1.54, 1.807) is 0 Å². The molecule has 0 aromatic carbocycles. The van der Waals surface area contributed by atoms with Gasteiger partial charge in [0, 0.05) is 0 Å². The summed E-state index contributed by atoms with van der Waals surface area (Å²) in [6.07, 6.45) is 6.18. The van der Waals surface area contributed by atoms with Crippen LogP contribution in [0, 0.1) is 23.7 Å². The van der Waals surface area contributed by atoms with E-state index in [9.17, 15) is 5.11 Å². The van der Waals surface area contributed by atoms with E-state index in [0.29, 0.717) is 0 Å². The summed E-state index contributed by atoms with van der Waals surface area (Å²) in [5, 5.41) is 10.2. The fraction of sp³-hybridized carbons (Fsp3) is 1.00. The van der Waals surface area contributed by atoms with Crippen LogP contribution >= 0.6 is 0 Å². The zero-order valence-electron chi connectivity index (χ0n) is 7.79. The molecule has 0 aliphatic heterocycles. The highest BCUT2D eigenvalue weighted by atomic mass is 16.3. The molecule has 1 heteroatoms. The molecule has 4 saturated carbocycles. The van der Waals surface area contributed by atoms with Crippen LogP contribution in [0.3, 0.4) is 0 Å². The SMILES string of the molecule is CC1C2CC3CC1CC(O)(C3)C2. The predicted octanol–water partition coefficient (Wildman–Crippen LogP) is 2.19. The lowest BCUT2D eigenvalue weighted by Crippen LogP contribution is -2.53. The Balaban J connectivity index is 1.95. The molecule has 4 fully saturated rings. The van der Waals surface area contributed by atoms with E-state index in [4.69, 9.17) is 0 Å². The Hall–Kier alpha value is -0.0400. The number of rotatable bonds is 0. The molecule has 4 aliphatic rings. The van der Waals surface area contributed by atoms with E-state index in [1.807, 2.05) is 0 Å². The van der Waals surface area contributed by atoms with Crippen LogP contribution < -0.4 is 0 Å². The highest BCUT2D eigenvalue weighted by Gasteiger charge is 2.53. The lowest BCUT2D eigenvalue weighted by atomic mass is 9.50. The molecule has 0 amide bonds. The van der Waals surface area contributed by atoms with Crippen LogP contribution in [0.1, 0.15) is 39.0 Å². The Bertz CT molecular complexity index is 195. The second-order valence-corrected chi connectivity index (χ2v) is 5.55. The number of hydrogen-bond acceptors (Lipinski definition) is 1. The molecule has 4 bridgehead atoms. The van der Waals surface area contributed by atoms with E-state index >= 15 is 0 Å². The van der Waals surface area contributed by atoms with Crippen LogP contribution in [0.15, 0.2) is 0 Å². The largest absolute Gasteiger partial charge is 0.390 e. The first-order valence-corrected chi connectivity index (χ1v) is 5.39. The summed E-state index contributed by atoms with van der Waals surface area (Å²) < 4.78 is 0. The van der Waals surface area contributed by atoms with Crippen LogP contribution in [0.4, 0.5) is 0 Å². The average Bonchev–Trinajstić information content (AvgIpc) is 1.96. The molecule has 0 spiro atoms. The summed E-state index contributed by atoms with van der Waals surface area (Å²) in [5.74, 6) is 3.51. The summed E-state index contributed by atoms with van der Waals surface area (Å²) in [6.45, 7) is 2.40. The van der Waals surface area contributed by atoms with Crippen molar-refractivity contribution < 1.29 is 5.11 Å². The number of hydrogen-bond donors (Lipinski definition) is 1. The van der Waals surface area contributed by atoms with Crippen molar-refractivity contribution in [2.75, 3.05) is 0 Å². The Labute approximate surface area is 74.2 Å². The van der Waals surface area contributed by atoms with Gasteiger partial charge in [-0.05, 0) is 55.8 Å². The maximum Gasteiger partial charge on any atom is 0.0656 e. The molecule has 2 atom stereocenters. The molecule has 2 unspecified atom stereocenters. The van der Waals surface area contributed by atoms with Gasteiger partial charge in [0.05, 0.1) is 5.60 Å². The van der Waals surface area contributed by atoms with E-state index in [2.05, 4.69) is 6.92 Å². The molecule has 4 rings (SSSR count). The highest BCUT2D eigenvalue weighted by molar-refractivity contribution is 5.04. The normalized spacial score (nSPS) is 62.5. The van der Waals surface area contributed by atoms with Crippen LogP contribution in [0.2, 0.25) is 0 Å². The molecular formula is C11H18O. The van der Waals surface area contributed by atoms with Crippen molar-refractivity contribution in [3.63, 3.8) is 0 Å². The van der Waals surface area contributed by atoms with Crippen LogP contribution in [0.25, 0.3) is 0 Å². The first kappa shape index (κ1) is 7.37. The van der Waals surface area contributed by atoms with E-state index in [0.717, 1.165) is 42.9 Å².